The molecular weight excluding hydrogens is 322 g/mol. The van der Waals surface area contributed by atoms with Gasteiger partial charge >= 0.3 is 0 Å². The first kappa shape index (κ1) is 18.7. The summed E-state index contributed by atoms with van der Waals surface area (Å²) in [6.07, 6.45) is 2.54. The number of nitrogens with one attached hydrogen (secondary N) is 1. The van der Waals surface area contributed by atoms with Crippen molar-refractivity contribution in [1.29, 1.82) is 0 Å². The Morgan fingerprint density at radius 2 is 1.65 bits per heavy atom. The zero-order valence-corrected chi connectivity index (χ0v) is 15.9. The molecule has 3 heteroatoms. The number of likely N-dealkylation sites (tertiary alicyclic amines) is 1. The van der Waals surface area contributed by atoms with Crippen LogP contribution in [0.2, 0.25) is 0 Å². The molecule has 0 radical (unpaired) electrons. The topological polar surface area (TPSA) is 30.7 Å². The second kappa shape index (κ2) is 9.00. The lowest BCUT2D eigenvalue weighted by Gasteiger charge is -2.21. The number of hydrogen-bond acceptors (Lipinski definition) is 2. The van der Waals surface area contributed by atoms with Crippen LogP contribution in [-0.4, -0.2) is 32.0 Å². The van der Waals surface area contributed by atoms with Crippen LogP contribution in [0, 0.1) is 5.92 Å². The minimum absolute atomic E-state index is 0.0771. The van der Waals surface area contributed by atoms with Crippen molar-refractivity contribution in [2.45, 2.75) is 32.6 Å². The van der Waals surface area contributed by atoms with E-state index >= 15 is 0 Å². The first-order valence-corrected chi connectivity index (χ1v) is 9.79. The van der Waals surface area contributed by atoms with Gasteiger partial charge in [-0.15, -0.1) is 0 Å². The minimum atomic E-state index is -0.0771. The molecule has 0 saturated carbocycles. The van der Waals surface area contributed by atoms with Gasteiger partial charge in [0.1, 0.15) is 5.75 Å². The summed E-state index contributed by atoms with van der Waals surface area (Å²) in [6, 6.07) is 17.9. The van der Waals surface area contributed by atoms with E-state index in [1.807, 2.05) is 42.5 Å². The molecule has 2 aromatic carbocycles. The van der Waals surface area contributed by atoms with E-state index in [0.717, 1.165) is 23.4 Å². The Hall–Kier alpha value is -2.13. The van der Waals surface area contributed by atoms with Crippen LogP contribution in [0.15, 0.2) is 54.6 Å². The molecule has 1 aliphatic rings. The van der Waals surface area contributed by atoms with Crippen molar-refractivity contribution in [3.63, 3.8) is 0 Å². The SMILES string of the molecule is CC(C)COc1ccc(C(=O)C(C[NH+]2CCCC2)c2ccccc2)cc1. The molecule has 138 valence electrons. The Bertz CT molecular complexity index is 688. The number of quaternary nitrogens is 1. The van der Waals surface area contributed by atoms with Crippen LogP contribution in [0.5, 0.6) is 5.75 Å². The minimum Gasteiger partial charge on any atom is -0.493 e. The van der Waals surface area contributed by atoms with Gasteiger partial charge in [0.05, 0.1) is 32.2 Å². The molecule has 1 heterocycles. The Morgan fingerprint density at radius 1 is 1.00 bits per heavy atom. The van der Waals surface area contributed by atoms with Crippen molar-refractivity contribution in [2.24, 2.45) is 5.92 Å². The number of Topliss-reactive ketones (excluding diaryl/α,β-unsaturated/α-hetero) is 1. The third-order valence-corrected chi connectivity index (χ3v) is 5.04. The first-order valence-electron chi connectivity index (χ1n) is 9.79. The van der Waals surface area contributed by atoms with E-state index in [-0.39, 0.29) is 11.7 Å². The zero-order chi connectivity index (χ0) is 18.4. The Balaban J connectivity index is 1.76. The van der Waals surface area contributed by atoms with Crippen molar-refractivity contribution in [3.05, 3.63) is 65.7 Å². The molecule has 0 bridgehead atoms. The van der Waals surface area contributed by atoms with Gasteiger partial charge in [-0.3, -0.25) is 4.79 Å². The van der Waals surface area contributed by atoms with Gasteiger partial charge in [-0.05, 0) is 35.7 Å². The van der Waals surface area contributed by atoms with Gasteiger partial charge in [0.15, 0.2) is 5.78 Å². The highest BCUT2D eigenvalue weighted by atomic mass is 16.5. The summed E-state index contributed by atoms with van der Waals surface area (Å²) >= 11 is 0. The summed E-state index contributed by atoms with van der Waals surface area (Å²) in [6.45, 7) is 8.19. The summed E-state index contributed by atoms with van der Waals surface area (Å²) in [7, 11) is 0. The Morgan fingerprint density at radius 3 is 2.27 bits per heavy atom. The lowest BCUT2D eigenvalue weighted by atomic mass is 9.90. The second-order valence-electron chi connectivity index (χ2n) is 7.72. The number of benzene rings is 2. The average molecular weight is 352 g/mol. The third-order valence-electron chi connectivity index (χ3n) is 5.04. The molecule has 2 aromatic rings. The molecular formula is C23H30NO2+. The zero-order valence-electron chi connectivity index (χ0n) is 15.9. The standard InChI is InChI=1S/C23H29NO2/c1-18(2)17-26-21-12-10-20(11-13-21)23(25)22(16-24-14-6-7-15-24)19-8-4-3-5-9-19/h3-5,8-13,18,22H,6-7,14-17H2,1-2H3/p+1. The van der Waals surface area contributed by atoms with Gasteiger partial charge in [-0.25, -0.2) is 0 Å². The van der Waals surface area contributed by atoms with Gasteiger partial charge in [-0.2, -0.15) is 0 Å². The van der Waals surface area contributed by atoms with Crippen molar-refractivity contribution in [1.82, 2.24) is 0 Å². The van der Waals surface area contributed by atoms with Crippen molar-refractivity contribution < 1.29 is 14.4 Å². The van der Waals surface area contributed by atoms with Gasteiger partial charge in [-0.1, -0.05) is 44.2 Å². The number of carbonyl (C=O) groups excluding carboxylic acids is 1. The molecule has 1 atom stereocenters. The average Bonchev–Trinajstić information content (AvgIpc) is 3.18. The van der Waals surface area contributed by atoms with Crippen LogP contribution in [0.4, 0.5) is 0 Å². The van der Waals surface area contributed by atoms with E-state index in [1.165, 1.54) is 25.9 Å². The highest BCUT2D eigenvalue weighted by molar-refractivity contribution is 6.01. The summed E-state index contributed by atoms with van der Waals surface area (Å²) in [5.41, 5.74) is 1.89. The lowest BCUT2D eigenvalue weighted by Crippen LogP contribution is -3.10. The normalized spacial score (nSPS) is 16.0. The molecule has 0 aliphatic carbocycles. The quantitative estimate of drug-likeness (QED) is 0.739. The van der Waals surface area contributed by atoms with Gasteiger partial charge in [0.25, 0.3) is 0 Å². The molecule has 0 amide bonds. The number of ketones is 1. The largest absolute Gasteiger partial charge is 0.493 e. The Labute approximate surface area is 157 Å². The van der Waals surface area contributed by atoms with E-state index in [9.17, 15) is 4.79 Å². The smallest absolute Gasteiger partial charge is 0.175 e. The van der Waals surface area contributed by atoms with Crippen LogP contribution >= 0.6 is 0 Å². The first-order chi connectivity index (χ1) is 12.6. The molecule has 0 spiro atoms. The number of rotatable bonds is 8. The molecule has 1 unspecified atom stereocenters. The lowest BCUT2D eigenvalue weighted by molar-refractivity contribution is -0.887. The molecule has 1 aliphatic heterocycles. The van der Waals surface area contributed by atoms with Crippen LogP contribution in [-0.2, 0) is 0 Å². The fraction of sp³-hybridized carbons (Fsp3) is 0.435. The van der Waals surface area contributed by atoms with E-state index in [2.05, 4.69) is 26.0 Å². The van der Waals surface area contributed by atoms with E-state index in [1.54, 1.807) is 4.90 Å². The maximum absolute atomic E-state index is 13.3. The predicted octanol–water partition coefficient (Wildman–Crippen LogP) is 3.37. The van der Waals surface area contributed by atoms with Crippen molar-refractivity contribution in [2.75, 3.05) is 26.2 Å². The maximum atomic E-state index is 13.3. The highest BCUT2D eigenvalue weighted by Gasteiger charge is 2.28. The van der Waals surface area contributed by atoms with Gasteiger partial charge in [0, 0.05) is 18.4 Å². The van der Waals surface area contributed by atoms with Crippen LogP contribution in [0.25, 0.3) is 0 Å². The summed E-state index contributed by atoms with van der Waals surface area (Å²) in [4.78, 5) is 14.8. The summed E-state index contributed by atoms with van der Waals surface area (Å²) in [5, 5.41) is 0. The number of ether oxygens (including phenoxy) is 1. The van der Waals surface area contributed by atoms with Gasteiger partial charge in [0.2, 0.25) is 0 Å². The predicted molar refractivity (Wildman–Crippen MR) is 105 cm³/mol. The van der Waals surface area contributed by atoms with Crippen molar-refractivity contribution in [3.8, 4) is 5.75 Å². The number of hydrogen-bond donors (Lipinski definition) is 1. The maximum Gasteiger partial charge on any atom is 0.175 e. The molecule has 1 fully saturated rings. The van der Waals surface area contributed by atoms with Crippen LogP contribution in [0.3, 0.4) is 0 Å². The number of carbonyl (C=O) groups is 1. The summed E-state index contributed by atoms with van der Waals surface area (Å²) in [5.74, 6) is 1.46. The molecule has 26 heavy (non-hydrogen) atoms. The fourth-order valence-corrected chi connectivity index (χ4v) is 3.59. The van der Waals surface area contributed by atoms with E-state index < -0.39 is 0 Å². The van der Waals surface area contributed by atoms with Crippen molar-refractivity contribution >= 4 is 5.78 Å². The monoisotopic (exact) mass is 352 g/mol. The fourth-order valence-electron chi connectivity index (χ4n) is 3.59. The van der Waals surface area contributed by atoms with Gasteiger partial charge < -0.3 is 9.64 Å². The van der Waals surface area contributed by atoms with Crippen LogP contribution in [0.1, 0.15) is 48.5 Å². The molecule has 3 rings (SSSR count). The highest BCUT2D eigenvalue weighted by Crippen LogP contribution is 2.22. The molecule has 0 aromatic heterocycles. The van der Waals surface area contributed by atoms with E-state index in [0.29, 0.717) is 12.5 Å². The second-order valence-corrected chi connectivity index (χ2v) is 7.72. The molecule has 3 nitrogen and oxygen atoms in total. The Kier molecular flexibility index (Phi) is 6.45. The van der Waals surface area contributed by atoms with Crippen LogP contribution < -0.4 is 9.64 Å². The third kappa shape index (κ3) is 4.95. The summed E-state index contributed by atoms with van der Waals surface area (Å²) < 4.78 is 5.74. The molecule has 1 saturated heterocycles. The molecule has 1 N–H and O–H groups in total. The van der Waals surface area contributed by atoms with E-state index in [4.69, 9.17) is 4.74 Å².